The van der Waals surface area contributed by atoms with Crippen molar-refractivity contribution in [1.29, 1.82) is 0 Å². The van der Waals surface area contributed by atoms with Gasteiger partial charge in [0, 0.05) is 27.3 Å². The van der Waals surface area contributed by atoms with Crippen LogP contribution in [0, 0.1) is 0 Å². The van der Waals surface area contributed by atoms with E-state index in [9.17, 15) is 13.2 Å². The summed E-state index contributed by atoms with van der Waals surface area (Å²) in [6.07, 6.45) is 1.22. The molecule has 1 heterocycles. The van der Waals surface area contributed by atoms with E-state index in [0.29, 0.717) is 5.82 Å². The highest BCUT2D eigenvalue weighted by Crippen LogP contribution is 2.18. The van der Waals surface area contributed by atoms with Crippen LogP contribution in [0.15, 0.2) is 23.2 Å². The molecule has 0 aromatic carbocycles. The third-order valence-corrected chi connectivity index (χ3v) is 4.67. The van der Waals surface area contributed by atoms with E-state index in [-0.39, 0.29) is 4.90 Å². The van der Waals surface area contributed by atoms with Crippen molar-refractivity contribution in [3.63, 3.8) is 0 Å². The van der Waals surface area contributed by atoms with Crippen molar-refractivity contribution < 1.29 is 18.3 Å². The van der Waals surface area contributed by atoms with Crippen molar-refractivity contribution in [1.82, 2.24) is 9.29 Å². The molecule has 106 valence electrons. The topological polar surface area (TPSA) is 90.8 Å². The SMILES string of the molecule is CC(C(=O)O)N(C)S(=O)(=O)c1ccc(N(C)C)nc1. The van der Waals surface area contributed by atoms with Crippen molar-refractivity contribution in [3.8, 4) is 0 Å². The van der Waals surface area contributed by atoms with Crippen LogP contribution in [0.2, 0.25) is 0 Å². The van der Waals surface area contributed by atoms with E-state index in [1.807, 2.05) is 0 Å². The van der Waals surface area contributed by atoms with E-state index >= 15 is 0 Å². The van der Waals surface area contributed by atoms with Gasteiger partial charge in [0.25, 0.3) is 0 Å². The normalized spacial score (nSPS) is 13.3. The first-order valence-electron chi connectivity index (χ1n) is 5.52. The monoisotopic (exact) mass is 287 g/mol. The van der Waals surface area contributed by atoms with E-state index in [1.54, 1.807) is 25.1 Å². The van der Waals surface area contributed by atoms with E-state index in [0.717, 1.165) is 4.31 Å². The Bertz CT molecular complexity index is 554. The summed E-state index contributed by atoms with van der Waals surface area (Å²) < 4.78 is 25.1. The molecule has 7 nitrogen and oxygen atoms in total. The number of sulfonamides is 1. The molecular weight excluding hydrogens is 270 g/mol. The number of carboxylic acids is 1. The first-order chi connectivity index (χ1) is 8.67. The van der Waals surface area contributed by atoms with Gasteiger partial charge < -0.3 is 10.0 Å². The van der Waals surface area contributed by atoms with Gasteiger partial charge in [0.05, 0.1) is 0 Å². The second-order valence-corrected chi connectivity index (χ2v) is 6.28. The summed E-state index contributed by atoms with van der Waals surface area (Å²) in [5.41, 5.74) is 0. The smallest absolute Gasteiger partial charge is 0.321 e. The van der Waals surface area contributed by atoms with Crippen LogP contribution < -0.4 is 4.90 Å². The molecule has 19 heavy (non-hydrogen) atoms. The molecule has 0 amide bonds. The lowest BCUT2D eigenvalue weighted by Gasteiger charge is -2.21. The number of hydrogen-bond donors (Lipinski definition) is 1. The highest BCUT2D eigenvalue weighted by Gasteiger charge is 2.29. The summed E-state index contributed by atoms with van der Waals surface area (Å²) in [6, 6.07) is 1.83. The summed E-state index contributed by atoms with van der Waals surface area (Å²) in [4.78, 5) is 16.5. The summed E-state index contributed by atoms with van der Waals surface area (Å²) in [5.74, 6) is -0.586. The molecule has 1 atom stereocenters. The molecule has 0 spiro atoms. The van der Waals surface area contributed by atoms with E-state index < -0.39 is 22.0 Å². The molecule has 0 aliphatic heterocycles. The van der Waals surface area contributed by atoms with Crippen LogP contribution in [0.25, 0.3) is 0 Å². The van der Waals surface area contributed by atoms with Crippen LogP contribution in [0.5, 0.6) is 0 Å². The van der Waals surface area contributed by atoms with E-state index in [4.69, 9.17) is 5.11 Å². The molecule has 1 aromatic heterocycles. The molecule has 0 fully saturated rings. The number of aliphatic carboxylic acids is 1. The third kappa shape index (κ3) is 3.21. The Hall–Kier alpha value is -1.67. The zero-order valence-corrected chi connectivity index (χ0v) is 12.0. The summed E-state index contributed by atoms with van der Waals surface area (Å²) in [6.45, 7) is 1.31. The second kappa shape index (κ2) is 5.54. The van der Waals surface area contributed by atoms with Gasteiger partial charge in [-0.1, -0.05) is 0 Å². The van der Waals surface area contributed by atoms with Gasteiger partial charge in [0.2, 0.25) is 10.0 Å². The van der Waals surface area contributed by atoms with Gasteiger partial charge in [-0.15, -0.1) is 0 Å². The molecule has 1 unspecified atom stereocenters. The molecule has 8 heteroatoms. The Morgan fingerprint density at radius 3 is 2.26 bits per heavy atom. The molecule has 0 aliphatic carbocycles. The first-order valence-corrected chi connectivity index (χ1v) is 6.96. The predicted molar refractivity (Wildman–Crippen MR) is 70.6 cm³/mol. The molecule has 0 saturated heterocycles. The Kier molecular flexibility index (Phi) is 4.48. The number of likely N-dealkylation sites (N-methyl/N-ethyl adjacent to an activating group) is 1. The number of carboxylic acid groups (broad SMARTS) is 1. The molecule has 0 bridgehead atoms. The lowest BCUT2D eigenvalue weighted by Crippen LogP contribution is -2.40. The molecule has 0 aliphatic rings. The van der Waals surface area contributed by atoms with Crippen LogP contribution in [-0.4, -0.2) is 56.0 Å². The molecule has 1 rings (SSSR count). The number of nitrogens with zero attached hydrogens (tertiary/aromatic N) is 3. The van der Waals surface area contributed by atoms with Crippen molar-refractivity contribution in [2.75, 3.05) is 26.0 Å². The maximum Gasteiger partial charge on any atom is 0.321 e. The highest BCUT2D eigenvalue weighted by atomic mass is 32.2. The number of hydrogen-bond acceptors (Lipinski definition) is 5. The van der Waals surface area contributed by atoms with Gasteiger partial charge in [0.15, 0.2) is 0 Å². The molecule has 0 radical (unpaired) electrons. The largest absolute Gasteiger partial charge is 0.480 e. The number of aromatic nitrogens is 1. The van der Waals surface area contributed by atoms with Gasteiger partial charge in [-0.05, 0) is 19.1 Å². The Labute approximate surface area is 112 Å². The zero-order chi connectivity index (χ0) is 14.8. The zero-order valence-electron chi connectivity index (χ0n) is 11.2. The van der Waals surface area contributed by atoms with Crippen LogP contribution in [0.1, 0.15) is 6.92 Å². The number of carbonyl (C=O) groups is 1. The fraction of sp³-hybridized carbons (Fsp3) is 0.455. The average Bonchev–Trinajstić information content (AvgIpc) is 2.36. The van der Waals surface area contributed by atoms with Crippen molar-refractivity contribution in [2.24, 2.45) is 0 Å². The Balaban J connectivity index is 3.10. The van der Waals surface area contributed by atoms with Gasteiger partial charge in [-0.2, -0.15) is 4.31 Å². The van der Waals surface area contributed by atoms with Gasteiger partial charge in [-0.3, -0.25) is 4.79 Å². The first kappa shape index (κ1) is 15.4. The fourth-order valence-corrected chi connectivity index (χ4v) is 2.58. The van der Waals surface area contributed by atoms with Crippen LogP contribution in [0.3, 0.4) is 0 Å². The summed E-state index contributed by atoms with van der Waals surface area (Å²) >= 11 is 0. The molecular formula is C11H17N3O4S. The van der Waals surface area contributed by atoms with Gasteiger partial charge in [-0.25, -0.2) is 13.4 Å². The Morgan fingerprint density at radius 1 is 1.32 bits per heavy atom. The minimum Gasteiger partial charge on any atom is -0.480 e. The fourth-order valence-electron chi connectivity index (χ4n) is 1.32. The lowest BCUT2D eigenvalue weighted by atomic mass is 10.4. The quantitative estimate of drug-likeness (QED) is 0.834. The average molecular weight is 287 g/mol. The number of rotatable bonds is 5. The maximum absolute atomic E-state index is 12.2. The molecule has 0 saturated carbocycles. The number of pyridine rings is 1. The van der Waals surface area contributed by atoms with Crippen LogP contribution >= 0.6 is 0 Å². The maximum atomic E-state index is 12.2. The van der Waals surface area contributed by atoms with Gasteiger partial charge in [0.1, 0.15) is 16.8 Å². The van der Waals surface area contributed by atoms with Gasteiger partial charge >= 0.3 is 5.97 Å². The van der Waals surface area contributed by atoms with Crippen molar-refractivity contribution in [2.45, 2.75) is 17.9 Å². The molecule has 1 N–H and O–H groups in total. The minimum atomic E-state index is -3.85. The third-order valence-electron chi connectivity index (χ3n) is 2.76. The predicted octanol–water partition coefficient (Wildman–Crippen LogP) is 0.241. The minimum absolute atomic E-state index is 0.0336. The second-order valence-electron chi connectivity index (χ2n) is 4.28. The summed E-state index contributed by atoms with van der Waals surface area (Å²) in [7, 11) is 0.950. The lowest BCUT2D eigenvalue weighted by molar-refractivity contribution is -0.140. The van der Waals surface area contributed by atoms with Crippen molar-refractivity contribution in [3.05, 3.63) is 18.3 Å². The molecule has 1 aromatic rings. The van der Waals surface area contributed by atoms with Crippen molar-refractivity contribution >= 4 is 21.8 Å². The van der Waals surface area contributed by atoms with E-state index in [2.05, 4.69) is 4.98 Å². The Morgan fingerprint density at radius 2 is 1.89 bits per heavy atom. The standard InChI is InChI=1S/C11H17N3O4S/c1-8(11(15)16)14(4)19(17,18)9-5-6-10(12-7-9)13(2)3/h5-8H,1-4H3,(H,15,16). The van der Waals surface area contributed by atoms with E-state index in [1.165, 1.54) is 26.2 Å². The summed E-state index contributed by atoms with van der Waals surface area (Å²) in [5, 5.41) is 8.85. The highest BCUT2D eigenvalue weighted by molar-refractivity contribution is 7.89. The van der Waals surface area contributed by atoms with Crippen LogP contribution in [0.4, 0.5) is 5.82 Å². The number of anilines is 1. The van der Waals surface area contributed by atoms with Crippen LogP contribution in [-0.2, 0) is 14.8 Å².